The molecule has 1 aromatic heterocycles. The average molecular weight is 266 g/mol. The first-order valence-electron chi connectivity index (χ1n) is 5.97. The molecule has 0 aromatic carbocycles. The van der Waals surface area contributed by atoms with Gasteiger partial charge in [-0.3, -0.25) is 4.90 Å². The Morgan fingerprint density at radius 3 is 2.83 bits per heavy atom. The minimum absolute atomic E-state index is 0.345. The highest BCUT2D eigenvalue weighted by Crippen LogP contribution is 2.04. The molecule has 5 heteroatoms. The molecule has 4 nitrogen and oxygen atoms in total. The average Bonchev–Trinajstić information content (AvgIpc) is 2.88. The van der Waals surface area contributed by atoms with Crippen LogP contribution in [-0.4, -0.2) is 41.6 Å². The van der Waals surface area contributed by atoms with E-state index in [1.165, 1.54) is 11.3 Å². The summed E-state index contributed by atoms with van der Waals surface area (Å²) >= 11 is 1.37. The van der Waals surface area contributed by atoms with E-state index in [0.717, 1.165) is 13.1 Å². The number of nitrogens with zero attached hydrogens (tertiary/aromatic N) is 2. The number of ether oxygens (including phenoxy) is 1. The highest BCUT2D eigenvalue weighted by Gasteiger charge is 2.11. The molecule has 0 unspecified atom stereocenters. The number of carbonyl (C=O) groups is 1. The Bertz CT molecular complexity index is 416. The fourth-order valence-corrected chi connectivity index (χ4v) is 1.83. The van der Waals surface area contributed by atoms with E-state index in [2.05, 4.69) is 35.6 Å². The van der Waals surface area contributed by atoms with Gasteiger partial charge in [0.05, 0.1) is 12.1 Å². The van der Waals surface area contributed by atoms with Gasteiger partial charge in [-0.05, 0) is 20.0 Å². The van der Waals surface area contributed by atoms with Crippen molar-refractivity contribution in [2.75, 3.05) is 19.6 Å². The summed E-state index contributed by atoms with van der Waals surface area (Å²) in [5.41, 5.74) is 1.95. The van der Waals surface area contributed by atoms with Gasteiger partial charge in [-0.25, -0.2) is 9.78 Å². The third-order valence-electron chi connectivity index (χ3n) is 2.43. The molecule has 98 valence electrons. The zero-order valence-corrected chi connectivity index (χ0v) is 11.8. The Morgan fingerprint density at radius 2 is 2.28 bits per heavy atom. The Balaban J connectivity index is 2.40. The fraction of sp³-hybridized carbons (Fsp3) is 0.538. The van der Waals surface area contributed by atoms with Gasteiger partial charge in [0.15, 0.2) is 11.8 Å². The van der Waals surface area contributed by atoms with Crippen LogP contribution in [0.2, 0.25) is 0 Å². The third-order valence-corrected chi connectivity index (χ3v) is 3.01. The maximum Gasteiger partial charge on any atom is 0.359 e. The number of aromatic nitrogens is 1. The van der Waals surface area contributed by atoms with Crippen molar-refractivity contribution in [3.05, 3.63) is 16.6 Å². The first kappa shape index (κ1) is 14.7. The van der Waals surface area contributed by atoms with E-state index in [4.69, 9.17) is 4.74 Å². The molecule has 0 saturated carbocycles. The quantitative estimate of drug-likeness (QED) is 0.604. The van der Waals surface area contributed by atoms with Crippen molar-refractivity contribution < 1.29 is 9.53 Å². The molecule has 0 N–H and O–H groups in total. The summed E-state index contributed by atoms with van der Waals surface area (Å²) in [7, 11) is 0. The van der Waals surface area contributed by atoms with Crippen LogP contribution >= 0.6 is 11.3 Å². The molecule has 1 heterocycles. The predicted octanol–water partition coefficient (Wildman–Crippen LogP) is 2.03. The van der Waals surface area contributed by atoms with Gasteiger partial charge in [0, 0.05) is 5.38 Å². The lowest BCUT2D eigenvalue weighted by Crippen LogP contribution is -2.23. The van der Waals surface area contributed by atoms with E-state index in [0.29, 0.717) is 12.2 Å². The van der Waals surface area contributed by atoms with Crippen LogP contribution in [0.1, 0.15) is 31.3 Å². The Kier molecular flexibility index (Phi) is 6.40. The summed E-state index contributed by atoms with van der Waals surface area (Å²) in [5, 5.41) is 1.67. The Morgan fingerprint density at radius 1 is 1.56 bits per heavy atom. The molecular weight excluding hydrogens is 248 g/mol. The largest absolute Gasteiger partial charge is 0.445 e. The summed E-state index contributed by atoms with van der Waals surface area (Å²) in [4.78, 5) is 17.7. The molecule has 0 saturated heterocycles. The van der Waals surface area contributed by atoms with Crippen molar-refractivity contribution in [2.24, 2.45) is 0 Å². The number of esters is 1. The van der Waals surface area contributed by atoms with E-state index in [9.17, 15) is 4.79 Å². The molecule has 0 aliphatic rings. The van der Waals surface area contributed by atoms with Crippen molar-refractivity contribution >= 4 is 17.3 Å². The molecule has 0 spiro atoms. The van der Waals surface area contributed by atoms with Crippen LogP contribution in [0.5, 0.6) is 0 Å². The molecule has 18 heavy (non-hydrogen) atoms. The van der Waals surface area contributed by atoms with Crippen LogP contribution in [0.15, 0.2) is 10.9 Å². The Hall–Kier alpha value is -1.38. The van der Waals surface area contributed by atoms with E-state index in [1.54, 1.807) is 17.8 Å². The lowest BCUT2D eigenvalue weighted by molar-refractivity contribution is 0.0432. The molecule has 0 aliphatic carbocycles. The van der Waals surface area contributed by atoms with Crippen molar-refractivity contribution in [1.82, 2.24) is 9.88 Å². The number of rotatable bonds is 5. The zero-order chi connectivity index (χ0) is 13.4. The standard InChI is InChI=1S/C13H18N2O2S/c1-4-15(5-2)8-6-7-11(3)17-13(16)12-9-18-10-14-12/h9-11H,4-5,8H2,1-3H3/t11-/m0/s1. The monoisotopic (exact) mass is 266 g/mol. The fourth-order valence-electron chi connectivity index (χ4n) is 1.31. The van der Waals surface area contributed by atoms with Gasteiger partial charge < -0.3 is 4.74 Å². The lowest BCUT2D eigenvalue weighted by atomic mass is 10.3. The number of carbonyl (C=O) groups excluding carboxylic acids is 1. The SMILES string of the molecule is CCN(CC)CC#C[C@H](C)OC(=O)c1cscn1. The highest BCUT2D eigenvalue weighted by atomic mass is 32.1. The summed E-state index contributed by atoms with van der Waals surface area (Å²) in [6.07, 6.45) is -0.408. The molecule has 0 aliphatic heterocycles. The topological polar surface area (TPSA) is 42.4 Å². The van der Waals surface area contributed by atoms with Gasteiger partial charge in [-0.1, -0.05) is 25.7 Å². The number of thiazole rings is 1. The smallest absolute Gasteiger partial charge is 0.359 e. The normalized spacial score (nSPS) is 11.8. The minimum atomic E-state index is -0.416. The first-order chi connectivity index (χ1) is 8.67. The molecule has 1 rings (SSSR count). The molecule has 0 radical (unpaired) electrons. The van der Waals surface area contributed by atoms with E-state index < -0.39 is 12.1 Å². The predicted molar refractivity (Wildman–Crippen MR) is 72.6 cm³/mol. The van der Waals surface area contributed by atoms with Gasteiger partial charge in [-0.15, -0.1) is 11.3 Å². The first-order valence-corrected chi connectivity index (χ1v) is 6.91. The van der Waals surface area contributed by atoms with Crippen molar-refractivity contribution in [1.29, 1.82) is 0 Å². The van der Waals surface area contributed by atoms with E-state index in [-0.39, 0.29) is 0 Å². The van der Waals surface area contributed by atoms with Crippen LogP contribution in [-0.2, 0) is 4.74 Å². The second-order valence-electron chi connectivity index (χ2n) is 3.70. The summed E-state index contributed by atoms with van der Waals surface area (Å²) < 4.78 is 5.16. The molecule has 1 atom stereocenters. The van der Waals surface area contributed by atoms with E-state index in [1.807, 2.05) is 0 Å². The van der Waals surface area contributed by atoms with Crippen LogP contribution in [0, 0.1) is 11.8 Å². The van der Waals surface area contributed by atoms with Gasteiger partial charge in [0.25, 0.3) is 0 Å². The third kappa shape index (κ3) is 4.86. The van der Waals surface area contributed by atoms with Crippen molar-refractivity contribution in [3.8, 4) is 11.8 Å². The lowest BCUT2D eigenvalue weighted by Gasteiger charge is -2.13. The summed E-state index contributed by atoms with van der Waals surface area (Å²) in [6.45, 7) is 8.59. The molecular formula is C13H18N2O2S. The summed E-state index contributed by atoms with van der Waals surface area (Å²) in [6, 6.07) is 0. The molecule has 0 bridgehead atoms. The van der Waals surface area contributed by atoms with Crippen LogP contribution in [0.3, 0.4) is 0 Å². The second kappa shape index (κ2) is 7.85. The van der Waals surface area contributed by atoms with Crippen LogP contribution in [0.25, 0.3) is 0 Å². The number of hydrogen-bond donors (Lipinski definition) is 0. The molecule has 0 amide bonds. The summed E-state index contributed by atoms with van der Waals surface area (Å²) in [5.74, 6) is 5.52. The van der Waals surface area contributed by atoms with Crippen LogP contribution in [0.4, 0.5) is 0 Å². The highest BCUT2D eigenvalue weighted by molar-refractivity contribution is 7.07. The second-order valence-corrected chi connectivity index (χ2v) is 4.42. The van der Waals surface area contributed by atoms with Crippen molar-refractivity contribution in [3.63, 3.8) is 0 Å². The van der Waals surface area contributed by atoms with Gasteiger partial charge in [0.1, 0.15) is 0 Å². The zero-order valence-electron chi connectivity index (χ0n) is 11.0. The van der Waals surface area contributed by atoms with Gasteiger partial charge >= 0.3 is 5.97 Å². The molecule has 0 fully saturated rings. The number of hydrogen-bond acceptors (Lipinski definition) is 5. The van der Waals surface area contributed by atoms with Gasteiger partial charge in [-0.2, -0.15) is 0 Å². The van der Waals surface area contributed by atoms with Gasteiger partial charge in [0.2, 0.25) is 0 Å². The van der Waals surface area contributed by atoms with E-state index >= 15 is 0 Å². The maximum absolute atomic E-state index is 11.6. The van der Waals surface area contributed by atoms with Crippen molar-refractivity contribution in [2.45, 2.75) is 26.9 Å². The maximum atomic E-state index is 11.6. The minimum Gasteiger partial charge on any atom is -0.445 e. The molecule has 1 aromatic rings. The van der Waals surface area contributed by atoms with Crippen LogP contribution < -0.4 is 0 Å². The Labute approximate surface area is 112 Å².